The number of aromatic nitrogens is 3. The molecule has 0 aliphatic heterocycles. The molecule has 1 aliphatic rings. The summed E-state index contributed by atoms with van der Waals surface area (Å²) in [6.07, 6.45) is 5.68. The van der Waals surface area contributed by atoms with E-state index in [4.69, 9.17) is 11.6 Å². The molecular weight excluding hydrogens is 402 g/mol. The molecule has 0 bridgehead atoms. The predicted octanol–water partition coefficient (Wildman–Crippen LogP) is 4.05. The van der Waals surface area contributed by atoms with E-state index < -0.39 is 5.56 Å². The minimum atomic E-state index is -0.489. The summed E-state index contributed by atoms with van der Waals surface area (Å²) in [5.74, 6) is 1.10. The number of pyridine rings is 1. The lowest BCUT2D eigenvalue weighted by atomic mass is 9.58. The van der Waals surface area contributed by atoms with Gasteiger partial charge in [0.05, 0.1) is 11.9 Å². The van der Waals surface area contributed by atoms with Gasteiger partial charge in [0.2, 0.25) is 5.91 Å². The molecule has 1 saturated carbocycles. The molecule has 0 aromatic carbocycles. The number of hydrogen-bond acceptors (Lipinski definition) is 5. The molecule has 2 aromatic heterocycles. The third kappa shape index (κ3) is 4.51. The lowest BCUT2D eigenvalue weighted by Gasteiger charge is -2.50. The minimum Gasteiger partial charge on any atom is -0.379 e. The molecule has 8 heteroatoms. The highest BCUT2D eigenvalue weighted by molar-refractivity contribution is 6.32. The van der Waals surface area contributed by atoms with E-state index in [0.29, 0.717) is 29.1 Å². The third-order valence-electron chi connectivity index (χ3n) is 7.06. The Hall–Kier alpha value is -2.41. The van der Waals surface area contributed by atoms with Crippen molar-refractivity contribution in [1.82, 2.24) is 14.8 Å². The summed E-state index contributed by atoms with van der Waals surface area (Å²) in [4.78, 5) is 28.8. The number of carbonyl (C=O) groups excluding carboxylic acids is 1. The maximum Gasteiger partial charge on any atom is 0.288 e. The Kier molecular flexibility index (Phi) is 6.50. The van der Waals surface area contributed by atoms with Crippen LogP contribution in [0.25, 0.3) is 0 Å². The van der Waals surface area contributed by atoms with Crippen LogP contribution in [-0.2, 0) is 11.3 Å². The van der Waals surface area contributed by atoms with Crippen molar-refractivity contribution in [1.29, 1.82) is 0 Å². The summed E-state index contributed by atoms with van der Waals surface area (Å²) in [5.41, 5.74) is 0.885. The lowest BCUT2D eigenvalue weighted by Crippen LogP contribution is -2.48. The molecule has 0 saturated heterocycles. The first kappa shape index (κ1) is 22.3. The highest BCUT2D eigenvalue weighted by Crippen LogP contribution is 2.48. The number of amides is 1. The van der Waals surface area contributed by atoms with Gasteiger partial charge in [0, 0.05) is 24.1 Å². The Bertz CT molecular complexity index is 960. The second-order valence-electron chi connectivity index (χ2n) is 8.98. The molecular formula is C22H30ClN5O2. The average Bonchev–Trinajstić information content (AvgIpc) is 2.71. The Labute approximate surface area is 182 Å². The van der Waals surface area contributed by atoms with Crippen LogP contribution in [0.5, 0.6) is 0 Å². The Morgan fingerprint density at radius 1 is 1.27 bits per heavy atom. The molecule has 30 heavy (non-hydrogen) atoms. The Morgan fingerprint density at radius 2 is 1.93 bits per heavy atom. The van der Waals surface area contributed by atoms with Crippen molar-refractivity contribution >= 4 is 28.9 Å². The first-order valence-electron chi connectivity index (χ1n) is 10.3. The molecule has 162 valence electrons. The molecule has 0 spiro atoms. The third-order valence-corrected chi connectivity index (χ3v) is 7.42. The highest BCUT2D eigenvalue weighted by atomic mass is 35.5. The van der Waals surface area contributed by atoms with Crippen LogP contribution >= 0.6 is 11.6 Å². The van der Waals surface area contributed by atoms with Crippen LogP contribution in [0.2, 0.25) is 5.02 Å². The van der Waals surface area contributed by atoms with Gasteiger partial charge in [0.1, 0.15) is 11.6 Å². The monoisotopic (exact) mass is 431 g/mol. The fraction of sp³-hybridized carbons (Fsp3) is 0.545. The maximum atomic E-state index is 12.7. The topological polar surface area (TPSA) is 88.9 Å². The fourth-order valence-corrected chi connectivity index (χ4v) is 4.42. The number of halogens is 1. The van der Waals surface area contributed by atoms with E-state index in [9.17, 15) is 9.59 Å². The van der Waals surface area contributed by atoms with Gasteiger partial charge in [-0.05, 0) is 41.7 Å². The van der Waals surface area contributed by atoms with E-state index in [2.05, 4.69) is 55.3 Å². The summed E-state index contributed by atoms with van der Waals surface area (Å²) in [6.45, 7) is 11.2. The number of hydrogen-bond donors (Lipinski definition) is 2. The normalized spacial score (nSPS) is 25.5. The molecule has 1 fully saturated rings. The number of nitrogens with zero attached hydrogens (tertiary/aromatic N) is 3. The summed E-state index contributed by atoms with van der Waals surface area (Å²) in [6, 6.07) is 3.54. The quantitative estimate of drug-likeness (QED) is 0.745. The zero-order valence-electron chi connectivity index (χ0n) is 18.1. The van der Waals surface area contributed by atoms with Crippen LogP contribution in [0.1, 0.15) is 41.0 Å². The molecule has 4 atom stereocenters. The van der Waals surface area contributed by atoms with Crippen molar-refractivity contribution in [2.75, 3.05) is 10.6 Å². The number of rotatable bonds is 5. The SMILES string of the molecule is C[C@@H]1[C@@H](C)C(C)(C)[C@@H](C)C[C@H]1Nc1cnn(CC(=O)Nc2ccncc2)c(=O)c1Cl. The van der Waals surface area contributed by atoms with Gasteiger partial charge in [-0.15, -0.1) is 0 Å². The van der Waals surface area contributed by atoms with E-state index in [1.54, 1.807) is 24.5 Å². The van der Waals surface area contributed by atoms with E-state index >= 15 is 0 Å². The molecule has 0 unspecified atom stereocenters. The van der Waals surface area contributed by atoms with E-state index in [1.165, 1.54) is 6.20 Å². The second-order valence-corrected chi connectivity index (χ2v) is 9.35. The first-order valence-corrected chi connectivity index (χ1v) is 10.7. The zero-order valence-corrected chi connectivity index (χ0v) is 18.9. The molecule has 2 aromatic rings. The standard InChI is InChI=1S/C22H30ClN5O2/c1-13-10-17(14(2)15(3)22(13,4)5)27-18-11-25-28(21(30)20(18)23)12-19(29)26-16-6-8-24-9-7-16/h6-9,11,13-15,17,27H,10,12H2,1-5H3,(H,24,26,29)/t13-,14+,15+,17+/m0/s1. The summed E-state index contributed by atoms with van der Waals surface area (Å²) >= 11 is 6.36. The second kappa shape index (κ2) is 8.76. The largest absolute Gasteiger partial charge is 0.379 e. The molecule has 3 rings (SSSR count). The fourth-order valence-electron chi connectivity index (χ4n) is 4.21. The van der Waals surface area contributed by atoms with E-state index in [-0.39, 0.29) is 28.9 Å². The van der Waals surface area contributed by atoms with Crippen molar-refractivity contribution < 1.29 is 4.79 Å². The number of carbonyl (C=O) groups is 1. The molecule has 2 heterocycles. The van der Waals surface area contributed by atoms with Gasteiger partial charge < -0.3 is 10.6 Å². The van der Waals surface area contributed by atoms with Crippen molar-refractivity contribution in [2.45, 2.75) is 53.6 Å². The van der Waals surface area contributed by atoms with Gasteiger partial charge in [0.25, 0.3) is 5.56 Å². The van der Waals surface area contributed by atoms with Crippen molar-refractivity contribution in [3.8, 4) is 0 Å². The average molecular weight is 432 g/mol. The van der Waals surface area contributed by atoms with Crippen LogP contribution in [-0.4, -0.2) is 26.7 Å². The summed E-state index contributed by atoms with van der Waals surface area (Å²) in [5, 5.41) is 10.4. The lowest BCUT2D eigenvalue weighted by molar-refractivity contribution is -0.117. The zero-order chi connectivity index (χ0) is 22.1. The van der Waals surface area contributed by atoms with Gasteiger partial charge in [-0.2, -0.15) is 5.10 Å². The predicted molar refractivity (Wildman–Crippen MR) is 120 cm³/mol. The van der Waals surface area contributed by atoms with E-state index in [1.807, 2.05) is 0 Å². The molecule has 2 N–H and O–H groups in total. The van der Waals surface area contributed by atoms with E-state index in [0.717, 1.165) is 11.1 Å². The first-order chi connectivity index (χ1) is 14.1. The van der Waals surface area contributed by atoms with Gasteiger partial charge in [-0.1, -0.05) is 46.2 Å². The van der Waals surface area contributed by atoms with Gasteiger partial charge >= 0.3 is 0 Å². The smallest absolute Gasteiger partial charge is 0.288 e. The van der Waals surface area contributed by atoms with Crippen molar-refractivity contribution in [2.24, 2.45) is 23.2 Å². The maximum absolute atomic E-state index is 12.7. The molecule has 0 radical (unpaired) electrons. The minimum absolute atomic E-state index is 0.0547. The van der Waals surface area contributed by atoms with Gasteiger partial charge in [-0.3, -0.25) is 14.6 Å². The number of nitrogens with one attached hydrogen (secondary N) is 2. The van der Waals surface area contributed by atoms with Crippen LogP contribution in [0.3, 0.4) is 0 Å². The number of anilines is 2. The molecule has 7 nitrogen and oxygen atoms in total. The van der Waals surface area contributed by atoms with Crippen LogP contribution in [0.4, 0.5) is 11.4 Å². The van der Waals surface area contributed by atoms with Crippen molar-refractivity contribution in [3.63, 3.8) is 0 Å². The van der Waals surface area contributed by atoms with Crippen molar-refractivity contribution in [3.05, 3.63) is 46.1 Å². The van der Waals surface area contributed by atoms with Crippen LogP contribution < -0.4 is 16.2 Å². The highest BCUT2D eigenvalue weighted by Gasteiger charge is 2.43. The Morgan fingerprint density at radius 3 is 2.60 bits per heavy atom. The van der Waals surface area contributed by atoms with Crippen LogP contribution in [0, 0.1) is 23.2 Å². The molecule has 1 aliphatic carbocycles. The summed E-state index contributed by atoms with van der Waals surface area (Å²) < 4.78 is 1.07. The van der Waals surface area contributed by atoms with Gasteiger partial charge in [-0.25, -0.2) is 4.68 Å². The summed E-state index contributed by atoms with van der Waals surface area (Å²) in [7, 11) is 0. The molecule has 1 amide bonds. The van der Waals surface area contributed by atoms with Gasteiger partial charge in [0.15, 0.2) is 0 Å². The van der Waals surface area contributed by atoms with Crippen LogP contribution in [0.15, 0.2) is 35.5 Å². The Balaban J connectivity index is 1.72.